The Bertz CT molecular complexity index is 431. The monoisotopic (exact) mass is 468 g/mol. The van der Waals surface area contributed by atoms with Gasteiger partial charge in [-0.3, -0.25) is 0 Å². The van der Waals surface area contributed by atoms with E-state index in [1.54, 1.807) is 11.3 Å². The molecule has 0 aliphatic rings. The van der Waals surface area contributed by atoms with Crippen molar-refractivity contribution in [1.82, 2.24) is 0 Å². The Kier molecular flexibility index (Phi) is 15.8. The molecule has 0 spiro atoms. The lowest BCUT2D eigenvalue weighted by atomic mass is 10.0. The topological polar surface area (TPSA) is 0 Å². The van der Waals surface area contributed by atoms with E-state index in [9.17, 15) is 0 Å². The van der Waals surface area contributed by atoms with Crippen molar-refractivity contribution in [3.05, 3.63) is 22.4 Å². The van der Waals surface area contributed by atoms with Crippen LogP contribution < -0.4 is 0 Å². The molecule has 0 amide bonds. The lowest BCUT2D eigenvalue weighted by molar-refractivity contribution is 0.528. The summed E-state index contributed by atoms with van der Waals surface area (Å²) >= 11 is 20.7. The van der Waals surface area contributed by atoms with Crippen LogP contribution in [0.1, 0.15) is 120 Å². The van der Waals surface area contributed by atoms with Crippen LogP contribution in [-0.2, 0) is 0 Å². The van der Waals surface area contributed by atoms with E-state index in [1.165, 1.54) is 101 Å². The molecule has 0 N–H and O–H groups in total. The molecule has 0 saturated carbocycles. The summed E-state index contributed by atoms with van der Waals surface area (Å²) in [5.41, 5.74) is 0.171. The first kappa shape index (κ1) is 25.8. The van der Waals surface area contributed by atoms with Gasteiger partial charge in [0.25, 0.3) is 0 Å². The van der Waals surface area contributed by atoms with E-state index in [4.69, 9.17) is 33.2 Å². The van der Waals surface area contributed by atoms with E-state index < -0.39 is 6.00 Å². The molecular weight excluding hydrogens is 431 g/mol. The van der Waals surface area contributed by atoms with Crippen LogP contribution in [0.4, 0.5) is 0 Å². The van der Waals surface area contributed by atoms with Crippen LogP contribution in [0, 0.1) is 0 Å². The summed E-state index contributed by atoms with van der Waals surface area (Å²) in [5, 5.41) is 2.08. The van der Waals surface area contributed by atoms with Crippen molar-refractivity contribution in [1.29, 1.82) is 0 Å². The molecule has 0 fully saturated rings. The molecule has 27 heavy (non-hydrogen) atoms. The van der Waals surface area contributed by atoms with E-state index in [1.807, 2.05) is 0 Å². The molecule has 1 aromatic heterocycles. The van der Waals surface area contributed by atoms with Gasteiger partial charge in [-0.1, -0.05) is 109 Å². The molecule has 0 saturated heterocycles. The lowest BCUT2D eigenvalue weighted by Crippen LogP contribution is -2.22. The second-order valence-corrected chi connectivity index (χ2v) is 17.7. The van der Waals surface area contributed by atoms with E-state index in [0.717, 1.165) is 6.42 Å². The molecule has 0 aliphatic heterocycles. The van der Waals surface area contributed by atoms with Gasteiger partial charge in [0, 0.05) is 10.4 Å². The van der Waals surface area contributed by atoms with Crippen molar-refractivity contribution in [3.8, 4) is 0 Å². The Morgan fingerprint density at radius 1 is 0.741 bits per heavy atom. The third-order valence-corrected chi connectivity index (χ3v) is 10.3. The Hall–Kier alpha value is 0.787. The minimum Gasteiger partial charge on any atom is -0.149 e. The molecule has 158 valence electrons. The van der Waals surface area contributed by atoms with Gasteiger partial charge in [-0.25, -0.2) is 0 Å². The molecule has 1 atom stereocenters. The molecule has 0 nitrogen and oxygen atoms in total. The number of thiophene rings is 1. The summed E-state index contributed by atoms with van der Waals surface area (Å²) in [6.45, 7) is 2.29. The first-order chi connectivity index (χ1) is 13.1. The zero-order chi connectivity index (χ0) is 19.8. The normalized spacial score (nSPS) is 13.2. The smallest absolute Gasteiger partial charge is 0.149 e. The third kappa shape index (κ3) is 13.6. The van der Waals surface area contributed by atoms with Crippen molar-refractivity contribution in [2.45, 2.75) is 115 Å². The largest absolute Gasteiger partial charge is 0.349 e. The number of halogens is 3. The minimum absolute atomic E-state index is 0.171. The van der Waals surface area contributed by atoms with Crippen LogP contribution in [0.15, 0.2) is 17.5 Å². The summed E-state index contributed by atoms with van der Waals surface area (Å²) in [5.74, 6) is 0. The fourth-order valence-electron chi connectivity index (χ4n) is 3.68. The zero-order valence-corrected chi connectivity index (χ0v) is 21.2. The molecule has 0 aliphatic carbocycles. The maximum Gasteiger partial charge on any atom is 0.349 e. The Morgan fingerprint density at radius 2 is 1.19 bits per heavy atom. The van der Waals surface area contributed by atoms with Crippen LogP contribution >= 0.6 is 44.6 Å². The molecule has 0 aromatic carbocycles. The predicted molar refractivity (Wildman–Crippen MR) is 130 cm³/mol. The van der Waals surface area contributed by atoms with E-state index in [0.29, 0.717) is 0 Å². The first-order valence-electron chi connectivity index (χ1n) is 11.2. The van der Waals surface area contributed by atoms with Crippen molar-refractivity contribution in [2.24, 2.45) is 0 Å². The van der Waals surface area contributed by atoms with Crippen molar-refractivity contribution >= 4 is 50.6 Å². The average Bonchev–Trinajstić information content (AvgIpc) is 3.14. The van der Waals surface area contributed by atoms with Crippen molar-refractivity contribution < 1.29 is 0 Å². The molecule has 1 unspecified atom stereocenters. The maximum absolute atomic E-state index is 6.33. The standard InChI is InChI=1S/C22H39Cl3SSi/c1-2-3-4-5-6-7-8-9-10-11-12-13-14-15-16-19-22(27(23,24)25)21-18-17-20-26-21/h17-18,20,22H,2-16,19H2,1H3. The Labute approximate surface area is 187 Å². The summed E-state index contributed by atoms with van der Waals surface area (Å²) in [4.78, 5) is 1.26. The quantitative estimate of drug-likeness (QED) is 0.114. The highest BCUT2D eigenvalue weighted by molar-refractivity contribution is 7.65. The Morgan fingerprint density at radius 3 is 1.56 bits per heavy atom. The van der Waals surface area contributed by atoms with Gasteiger partial charge < -0.3 is 0 Å². The number of unbranched alkanes of at least 4 members (excludes halogenated alkanes) is 14. The van der Waals surface area contributed by atoms with Crippen LogP contribution in [0.2, 0.25) is 0 Å². The number of hydrogen-bond donors (Lipinski definition) is 0. The summed E-state index contributed by atoms with van der Waals surface area (Å²) in [6, 6.07) is 1.51. The van der Waals surface area contributed by atoms with Crippen molar-refractivity contribution in [3.63, 3.8) is 0 Å². The van der Waals surface area contributed by atoms with E-state index in [2.05, 4.69) is 24.4 Å². The summed E-state index contributed by atoms with van der Waals surface area (Å²) in [6.07, 6.45) is 21.8. The lowest BCUT2D eigenvalue weighted by Gasteiger charge is -2.20. The SMILES string of the molecule is CCCCCCCCCCCCCCCCCC(c1cccs1)[Si](Cl)(Cl)Cl. The van der Waals surface area contributed by atoms with Crippen LogP contribution in [0.25, 0.3) is 0 Å². The van der Waals surface area contributed by atoms with Crippen LogP contribution in [0.5, 0.6) is 0 Å². The molecule has 1 heterocycles. The molecular formula is C22H39Cl3SSi. The summed E-state index contributed by atoms with van der Waals surface area (Å²) < 4.78 is 0. The van der Waals surface area contributed by atoms with Crippen molar-refractivity contribution in [2.75, 3.05) is 0 Å². The van der Waals surface area contributed by atoms with Gasteiger partial charge in [-0.2, -0.15) is 0 Å². The van der Waals surface area contributed by atoms with Gasteiger partial charge in [0.1, 0.15) is 0 Å². The molecule has 1 aromatic rings. The molecule has 5 heteroatoms. The highest BCUT2D eigenvalue weighted by Crippen LogP contribution is 2.41. The highest BCUT2D eigenvalue weighted by atomic mass is 35.8. The fraction of sp³-hybridized carbons (Fsp3) is 0.818. The van der Waals surface area contributed by atoms with Gasteiger partial charge in [0.15, 0.2) is 0 Å². The second kappa shape index (κ2) is 16.6. The molecule has 0 bridgehead atoms. The summed E-state index contributed by atoms with van der Waals surface area (Å²) in [7, 11) is 0. The number of rotatable bonds is 18. The Balaban J connectivity index is 1.91. The second-order valence-electron chi connectivity index (χ2n) is 7.85. The fourth-order valence-corrected chi connectivity index (χ4v) is 8.74. The zero-order valence-electron chi connectivity index (χ0n) is 17.2. The number of hydrogen-bond acceptors (Lipinski definition) is 1. The van der Waals surface area contributed by atoms with Gasteiger partial charge in [-0.15, -0.1) is 44.6 Å². The van der Waals surface area contributed by atoms with Gasteiger partial charge >= 0.3 is 6.00 Å². The van der Waals surface area contributed by atoms with Gasteiger partial charge in [-0.05, 0) is 17.9 Å². The van der Waals surface area contributed by atoms with E-state index >= 15 is 0 Å². The third-order valence-electron chi connectivity index (χ3n) is 5.38. The van der Waals surface area contributed by atoms with E-state index in [-0.39, 0.29) is 5.54 Å². The predicted octanol–water partition coefficient (Wildman–Crippen LogP) is 10.3. The molecule has 0 radical (unpaired) electrons. The highest BCUT2D eigenvalue weighted by Gasteiger charge is 2.37. The maximum atomic E-state index is 6.33. The first-order valence-corrected chi connectivity index (χ1v) is 17.1. The molecule has 1 rings (SSSR count). The minimum atomic E-state index is -2.67. The average molecular weight is 470 g/mol. The van der Waals surface area contributed by atoms with Gasteiger partial charge in [0.05, 0.1) is 0 Å². The van der Waals surface area contributed by atoms with Crippen LogP contribution in [-0.4, -0.2) is 6.00 Å². The van der Waals surface area contributed by atoms with Gasteiger partial charge in [0.2, 0.25) is 0 Å². The van der Waals surface area contributed by atoms with Crippen LogP contribution in [0.3, 0.4) is 0 Å².